The molecule has 0 atom stereocenters. The lowest BCUT2D eigenvalue weighted by atomic mass is 9.80. The number of hydrogen-bond acceptors (Lipinski definition) is 9. The molecule has 0 spiro atoms. The van der Waals surface area contributed by atoms with Crippen molar-refractivity contribution in [3.8, 4) is 0 Å². The van der Waals surface area contributed by atoms with Crippen molar-refractivity contribution in [1.29, 1.82) is 0 Å². The van der Waals surface area contributed by atoms with Crippen molar-refractivity contribution < 1.29 is 39.5 Å². The third-order valence-corrected chi connectivity index (χ3v) is 4.52. The van der Waals surface area contributed by atoms with Crippen LogP contribution >= 0.6 is 0 Å². The second-order valence-corrected chi connectivity index (χ2v) is 7.22. The Balaban J connectivity index is -0.000000549. The minimum absolute atomic E-state index is 0. The maximum absolute atomic E-state index is 11.8. The van der Waals surface area contributed by atoms with Crippen LogP contribution in [0.2, 0.25) is 0 Å². The van der Waals surface area contributed by atoms with Crippen LogP contribution in [0.5, 0.6) is 0 Å². The Kier molecular flexibility index (Phi) is 21.2. The Bertz CT molecular complexity index is 1250. The highest BCUT2D eigenvalue weighted by molar-refractivity contribution is 6.58. The summed E-state index contributed by atoms with van der Waals surface area (Å²) >= 11 is 0. The van der Waals surface area contributed by atoms with Gasteiger partial charge in [-0.15, -0.1) is 0 Å². The summed E-state index contributed by atoms with van der Waals surface area (Å²) in [7, 11) is -3.08. The van der Waals surface area contributed by atoms with Gasteiger partial charge in [0.15, 0.2) is 0 Å². The Morgan fingerprint density at radius 1 is 0.659 bits per heavy atom. The SMILES string of the molecule is C.C.C.F.Nc1ccccn1.O=C(Nc1ccccn1)c1ccc(B(O)O)cc1.O=C(O)c1ccc(B(O)O)cc1. The number of hydrogen-bond donors (Lipinski definition) is 7. The fourth-order valence-electron chi connectivity index (χ4n) is 2.61. The van der Waals surface area contributed by atoms with Crippen LogP contribution in [0, 0.1) is 0 Å². The largest absolute Gasteiger partial charge is 0.488 e. The maximum Gasteiger partial charge on any atom is 0.488 e. The molecule has 2 aromatic heterocycles. The molecule has 0 aliphatic carbocycles. The molecule has 0 aliphatic rings. The van der Waals surface area contributed by atoms with Crippen LogP contribution < -0.4 is 22.0 Å². The molecule has 4 aromatic rings. The molecule has 8 N–H and O–H groups in total. The highest BCUT2D eigenvalue weighted by Gasteiger charge is 2.12. The molecule has 0 bridgehead atoms. The van der Waals surface area contributed by atoms with Crippen LogP contribution in [0.4, 0.5) is 16.3 Å². The van der Waals surface area contributed by atoms with Crippen molar-refractivity contribution >= 4 is 48.7 Å². The predicted molar refractivity (Wildman–Crippen MR) is 163 cm³/mol. The van der Waals surface area contributed by atoms with Crippen molar-refractivity contribution in [3.05, 3.63) is 108 Å². The van der Waals surface area contributed by atoms with E-state index in [0.29, 0.717) is 22.7 Å². The number of nitrogens with zero attached hydrogens (tertiary/aromatic N) is 2. The van der Waals surface area contributed by atoms with E-state index < -0.39 is 20.2 Å². The van der Waals surface area contributed by atoms with Gasteiger partial charge in [0.05, 0.1) is 5.56 Å². The molecule has 1 amide bonds. The Morgan fingerprint density at radius 3 is 1.41 bits per heavy atom. The summed E-state index contributed by atoms with van der Waals surface area (Å²) in [6.07, 6.45) is 3.25. The fourth-order valence-corrected chi connectivity index (χ4v) is 2.61. The molecule has 4 rings (SSSR count). The maximum atomic E-state index is 11.8. The molecular formula is C27H37B2FN4O7. The van der Waals surface area contributed by atoms with Crippen molar-refractivity contribution in [2.24, 2.45) is 0 Å². The lowest BCUT2D eigenvalue weighted by molar-refractivity contribution is 0.0696. The number of rotatable bonds is 5. The number of amides is 1. The van der Waals surface area contributed by atoms with Crippen LogP contribution in [0.15, 0.2) is 97.3 Å². The first-order valence-electron chi connectivity index (χ1n) is 10.7. The molecule has 220 valence electrons. The summed E-state index contributed by atoms with van der Waals surface area (Å²) < 4.78 is 0. The summed E-state index contributed by atoms with van der Waals surface area (Å²) in [5.41, 5.74) is 6.41. The summed E-state index contributed by atoms with van der Waals surface area (Å²) in [5.74, 6) is -0.294. The number of nitrogens with two attached hydrogens (primary N) is 1. The van der Waals surface area contributed by atoms with Crippen LogP contribution in [0.3, 0.4) is 0 Å². The quantitative estimate of drug-likeness (QED) is 0.174. The molecule has 0 aliphatic heterocycles. The molecule has 0 fully saturated rings. The first-order chi connectivity index (χ1) is 17.7. The number of carboxylic acids is 1. The predicted octanol–water partition coefficient (Wildman–Crippen LogP) is 1.80. The number of carboxylic acid groups (broad SMARTS) is 1. The molecule has 2 heterocycles. The van der Waals surface area contributed by atoms with Crippen LogP contribution in [-0.4, -0.2) is 61.3 Å². The van der Waals surface area contributed by atoms with Gasteiger partial charge in [-0.3, -0.25) is 9.50 Å². The number of nitrogens with one attached hydrogen (secondary N) is 1. The number of carbonyl (C=O) groups excluding carboxylic acids is 1. The van der Waals surface area contributed by atoms with Gasteiger partial charge in [-0.25, -0.2) is 14.8 Å². The third-order valence-electron chi connectivity index (χ3n) is 4.52. The Labute approximate surface area is 240 Å². The number of carbonyl (C=O) groups is 2. The van der Waals surface area contributed by atoms with Crippen LogP contribution in [-0.2, 0) is 0 Å². The molecule has 11 nitrogen and oxygen atoms in total. The minimum Gasteiger partial charge on any atom is -0.478 e. The molecule has 14 heteroatoms. The second-order valence-electron chi connectivity index (χ2n) is 7.22. The zero-order valence-corrected chi connectivity index (χ0v) is 19.8. The van der Waals surface area contributed by atoms with E-state index in [2.05, 4.69) is 15.3 Å². The highest BCUT2D eigenvalue weighted by Crippen LogP contribution is 2.05. The topological polar surface area (TPSA) is 199 Å². The smallest absolute Gasteiger partial charge is 0.478 e. The molecule has 0 saturated carbocycles. The van der Waals surface area contributed by atoms with E-state index in [4.69, 9.17) is 30.9 Å². The molecule has 41 heavy (non-hydrogen) atoms. The molecule has 0 radical (unpaired) electrons. The average molecular weight is 570 g/mol. The lowest BCUT2D eigenvalue weighted by Crippen LogP contribution is -2.29. The second kappa shape index (κ2) is 21.2. The average Bonchev–Trinajstić information content (AvgIpc) is 2.90. The van der Waals surface area contributed by atoms with Crippen LogP contribution in [0.1, 0.15) is 43.0 Å². The number of halogens is 1. The minimum atomic E-state index is -1.55. The first kappa shape index (κ1) is 40.9. The third kappa shape index (κ3) is 14.9. The van der Waals surface area contributed by atoms with Crippen molar-refractivity contribution in [2.75, 3.05) is 11.1 Å². The monoisotopic (exact) mass is 570 g/mol. The summed E-state index contributed by atoms with van der Waals surface area (Å²) in [6, 6.07) is 22.0. The number of pyridine rings is 2. The highest BCUT2D eigenvalue weighted by atomic mass is 19.0. The van der Waals surface area contributed by atoms with Crippen molar-refractivity contribution in [3.63, 3.8) is 0 Å². The normalized spacial score (nSPS) is 8.59. The summed E-state index contributed by atoms with van der Waals surface area (Å²) in [4.78, 5) is 29.9. The van der Waals surface area contributed by atoms with Gasteiger partial charge in [0.1, 0.15) is 11.6 Å². The number of nitrogen functional groups attached to an aromatic ring is 1. The summed E-state index contributed by atoms with van der Waals surface area (Å²) in [5, 5.41) is 46.3. The number of aromatic carboxylic acids is 1. The standard InChI is InChI=1S/C12H11BN2O3.C7H7BO4.C5H6N2.3CH4.FH/c16-12(15-11-3-1-2-8-14-11)9-4-6-10(7-5-9)13(17)18;9-7(10)5-1-3-6(4-2-5)8(11)12;6-5-3-1-2-4-7-5;;;;/h1-8,17-18H,(H,14,15,16);1-4,11-12H,(H,9,10);1-4H,(H2,6,7);3*1H4;1H. The van der Waals surface area contributed by atoms with E-state index in [1.165, 1.54) is 48.5 Å². The molecular weight excluding hydrogens is 533 g/mol. The fraction of sp³-hybridized carbons (Fsp3) is 0.111. The van der Waals surface area contributed by atoms with E-state index in [0.717, 1.165) is 0 Å². The van der Waals surface area contributed by atoms with Gasteiger partial charge in [-0.05, 0) is 59.5 Å². The Hall–Kier alpha value is -4.62. The van der Waals surface area contributed by atoms with Gasteiger partial charge in [0, 0.05) is 18.0 Å². The van der Waals surface area contributed by atoms with Crippen molar-refractivity contribution in [2.45, 2.75) is 22.3 Å². The number of anilines is 2. The van der Waals surface area contributed by atoms with E-state index >= 15 is 0 Å². The van der Waals surface area contributed by atoms with E-state index in [1.54, 1.807) is 36.7 Å². The molecule has 2 aromatic carbocycles. The van der Waals surface area contributed by atoms with Crippen molar-refractivity contribution in [1.82, 2.24) is 9.97 Å². The zero-order chi connectivity index (χ0) is 27.2. The number of benzene rings is 2. The first-order valence-corrected chi connectivity index (χ1v) is 10.7. The van der Waals surface area contributed by atoms with E-state index in [-0.39, 0.29) is 43.9 Å². The van der Waals surface area contributed by atoms with E-state index in [9.17, 15) is 9.59 Å². The van der Waals surface area contributed by atoms with Gasteiger partial charge in [-0.2, -0.15) is 0 Å². The van der Waals surface area contributed by atoms with Gasteiger partial charge in [0.25, 0.3) is 5.91 Å². The van der Waals surface area contributed by atoms with Gasteiger partial charge in [-0.1, -0.05) is 58.7 Å². The lowest BCUT2D eigenvalue weighted by Gasteiger charge is -2.05. The zero-order valence-electron chi connectivity index (χ0n) is 19.8. The van der Waals surface area contributed by atoms with E-state index in [1.807, 2.05) is 12.1 Å². The summed E-state index contributed by atoms with van der Waals surface area (Å²) in [6.45, 7) is 0. The number of aromatic nitrogens is 2. The van der Waals surface area contributed by atoms with Gasteiger partial charge < -0.3 is 36.3 Å². The molecule has 0 saturated heterocycles. The Morgan fingerprint density at radius 2 is 1.10 bits per heavy atom. The van der Waals surface area contributed by atoms with Crippen LogP contribution in [0.25, 0.3) is 0 Å². The van der Waals surface area contributed by atoms with Gasteiger partial charge >= 0.3 is 20.2 Å². The molecule has 0 unspecified atom stereocenters. The van der Waals surface area contributed by atoms with Gasteiger partial charge in [0.2, 0.25) is 0 Å².